The largest absolute Gasteiger partial charge is 0.504 e. The van der Waals surface area contributed by atoms with E-state index >= 15 is 0 Å². The first-order chi connectivity index (χ1) is 65.7. The number of carbonyl (C=O) groups excluding carboxylic acids is 4. The quantitative estimate of drug-likeness (QED) is 0.0129. The second-order valence-electron chi connectivity index (χ2n) is 25.6. The molecule has 14 atom stereocenters. The number of nitriles is 12. The molecule has 5 amide bonds. The van der Waals surface area contributed by atoms with Gasteiger partial charge in [-0.05, 0) is 36.6 Å². The Balaban J connectivity index is 0.000000753. The molecule has 72 heteroatoms. The van der Waals surface area contributed by atoms with Crippen LogP contribution in [0.15, 0.2) is 65.1 Å². The summed E-state index contributed by atoms with van der Waals surface area (Å²) >= 11 is 7.60. The summed E-state index contributed by atoms with van der Waals surface area (Å²) in [6, 6.07) is 15.4. The van der Waals surface area contributed by atoms with E-state index in [1.54, 1.807) is 25.1 Å². The predicted molar refractivity (Wildman–Crippen MR) is 461 cm³/mol. The smallest absolute Gasteiger partial charge is 0.361 e. The van der Waals surface area contributed by atoms with Crippen LogP contribution in [0.3, 0.4) is 0 Å². The van der Waals surface area contributed by atoms with E-state index in [2.05, 4.69) is 178 Å². The van der Waals surface area contributed by atoms with Gasteiger partial charge in [-0.2, -0.15) is 98.0 Å². The van der Waals surface area contributed by atoms with Gasteiger partial charge in [-0.3, -0.25) is 54.9 Å². The van der Waals surface area contributed by atoms with Crippen LogP contribution in [-0.2, 0) is 36.5 Å². The van der Waals surface area contributed by atoms with Gasteiger partial charge in [0.1, 0.15) is 23.5 Å². The van der Waals surface area contributed by atoms with Crippen molar-refractivity contribution >= 4 is 71.2 Å². The number of rotatable bonds is 27. The lowest BCUT2D eigenvalue weighted by Crippen LogP contribution is -2.45. The molecule has 2 unspecified atom stereocenters. The third-order valence-electron chi connectivity index (χ3n) is 15.2. The summed E-state index contributed by atoms with van der Waals surface area (Å²) in [5.74, 6) is 1.46. The highest BCUT2D eigenvalue weighted by Crippen LogP contribution is 2.19. The highest BCUT2D eigenvalue weighted by atomic mass is 32.2. The molecule has 2 aliphatic heterocycles. The first-order valence-electron chi connectivity index (χ1n) is 37.7. The lowest BCUT2D eigenvalue weighted by atomic mass is 10.00. The maximum atomic E-state index is 11.2. The van der Waals surface area contributed by atoms with Crippen LogP contribution in [0.2, 0.25) is 0 Å². The van der Waals surface area contributed by atoms with Crippen LogP contribution in [0.25, 0.3) is 0 Å². The number of aromatic hydroxyl groups is 1. The van der Waals surface area contributed by atoms with Gasteiger partial charge in [0.25, 0.3) is 17.3 Å². The van der Waals surface area contributed by atoms with Gasteiger partial charge in [-0.1, -0.05) is 15.5 Å². The van der Waals surface area contributed by atoms with Crippen LogP contribution < -0.4 is 123 Å². The number of urea groups is 1. The lowest BCUT2D eigenvalue weighted by molar-refractivity contribution is -0.122. The Labute approximate surface area is 784 Å². The van der Waals surface area contributed by atoms with Crippen LogP contribution in [0.1, 0.15) is 183 Å². The van der Waals surface area contributed by atoms with Gasteiger partial charge in [-0.15, -0.1) is 19.7 Å². The standard InChI is InChI=1S/C7H6N2O3.C6H9N7O.C6H9N5.C6H8N4O2.2C6H7N3O2.C5H7N7O.C5H7N5O.C5H7N5S.C5H6N4OS.C5H6N4O.C4H6N4O2S/c8-2-1-3(9)4-5(10)7(12)6(4)11;7-2-1-4(8)6(14)9-3-5-10-12-13-11-5;1-4-9-6(11-10-4)5(8)2-3-7;7-2-1-3(8)4-5(11)10-6(12)9-4;7-2-1-5(8)4-3-9-11-6(4)10;7-2-1-4(8)5-3-6(10)11-9-5;6-2-1-3(7)4(13)8-5-9-11-12-10-5;3*6-2-1-3(7)4-8-5(11)10-9-4;6-2-1-4(7)5-8-3-9-10-5;5-2-1-3(6)4-7-10-11(9)8-4/h3,10H,1,9H2;4H,1,3,8H2,(H,9,14)(H,10,11,12,13);5H,2,8H2,1H3,(H,9,10,11);3-4H,1,8H2,(H2,9,10,11,12);3,5,9H,1,8H2;3-4,9H,1,8H2;3H,1,7H2,(H2,8,9,10,11,12,13);2*3H,1,7H2,(H2,8,9,10,11);3H,1,7H2,(H,8,9,11);3-4H,1,7H2;3H,1,6H2,(H,7,8)/t3-;4-;5-;3-,4?;5-;4-;4*3-;4-;3-,11?/m111111111111/s1. The summed E-state index contributed by atoms with van der Waals surface area (Å²) in [7, 11) is 0. The van der Waals surface area contributed by atoms with Gasteiger partial charge in [0.2, 0.25) is 27.9 Å². The normalized spacial score (nSPS) is 14.3. The van der Waals surface area contributed by atoms with Gasteiger partial charge in [-0.25, -0.2) is 59.4 Å². The summed E-state index contributed by atoms with van der Waals surface area (Å²) in [6.07, 6.45) is 3.91. The molecular formula is C66H85N53O16S3. The Bertz CT molecular complexity index is 6120. The molecule has 11 heterocycles. The third-order valence-corrected chi connectivity index (χ3v) is 16.2. The highest BCUT2D eigenvalue weighted by molar-refractivity contribution is 7.79. The highest BCUT2D eigenvalue weighted by Gasteiger charge is 2.34. The summed E-state index contributed by atoms with van der Waals surface area (Å²) in [5.41, 5.74) is 65.1. The molecule has 2 aliphatic rings. The molecule has 0 bridgehead atoms. The van der Waals surface area contributed by atoms with E-state index < -0.39 is 135 Å². The maximum Gasteiger partial charge on any atom is 0.361 e. The first-order valence-corrected chi connectivity index (χ1v) is 39.6. The van der Waals surface area contributed by atoms with Gasteiger partial charge in [0.05, 0.1) is 240 Å². The number of hydrogen-bond acceptors (Lipinski definition) is 56. The average Bonchev–Trinajstić information content (AvgIpc) is 0.990. The van der Waals surface area contributed by atoms with Crippen molar-refractivity contribution in [2.75, 3.05) is 5.32 Å². The zero-order chi connectivity index (χ0) is 104. The van der Waals surface area contributed by atoms with E-state index in [1.165, 1.54) is 18.6 Å². The van der Waals surface area contributed by atoms with Crippen molar-refractivity contribution in [2.24, 2.45) is 73.2 Å². The Morgan fingerprint density at radius 1 is 0.565 bits per heavy atom. The van der Waals surface area contributed by atoms with Gasteiger partial charge in [0.15, 0.2) is 35.4 Å². The van der Waals surface area contributed by atoms with E-state index in [-0.39, 0.29) is 118 Å². The monoisotopic (exact) mass is 1970 g/mol. The number of aromatic nitrogens is 23. The summed E-state index contributed by atoms with van der Waals surface area (Å²) in [6.45, 7) is 1.93. The molecule has 69 nitrogen and oxygen atoms in total. The van der Waals surface area contributed by atoms with Crippen molar-refractivity contribution in [3.63, 3.8) is 0 Å². The van der Waals surface area contributed by atoms with Gasteiger partial charge < -0.3 is 103 Å². The number of tetrazole rings is 2. The van der Waals surface area contributed by atoms with Gasteiger partial charge >= 0.3 is 39.1 Å². The SMILES string of the molecule is Cc1nc([C@H](N)CC#N)n[nH]1.N#CC[C@@H](N)C(=O)NCc1nn[nH]n1.N#CC[C@@H](N)C(=O)Nc1nn[nH]n1.N#CC[C@@H](N)C1=NS(=O)ON1.N#CC[C@@H](N)C1NC(=O)NC1=O.N#CC[C@@H](N)c1c(O)c(=O)c1=O.N#CC[C@@H](N)c1c[nH]oc1=O.N#CC[C@@H](N)c1cc(=O)o[nH]1.N#CC[C@@H](N)c1n[nH]c(=O)[nH]1.N#CC[C@@H](N)c1nc(=S)[nH][nH]1.N#CC[C@@H](N)c1nc(=S)o[nH]1.N#CC[C@@H](N)c1ncno1. The number of H-pyrrole nitrogens is 10. The fraction of sp³-hybridized carbons (Fsp3) is 0.409. The van der Waals surface area contributed by atoms with Crippen LogP contribution in [0.5, 0.6) is 5.75 Å². The van der Waals surface area contributed by atoms with Crippen LogP contribution >= 0.6 is 24.4 Å². The van der Waals surface area contributed by atoms with Crippen molar-refractivity contribution in [1.82, 2.24) is 139 Å². The van der Waals surface area contributed by atoms with E-state index in [4.69, 9.17) is 149 Å². The molecule has 10 aromatic rings. The topological polar surface area (TPSA) is 1250 Å². The van der Waals surface area contributed by atoms with Gasteiger partial charge in [0, 0.05) is 18.3 Å². The molecule has 0 aliphatic carbocycles. The number of amidine groups is 1. The molecule has 40 N–H and O–H groups in total. The molecule has 1 saturated heterocycles. The molecule has 728 valence electrons. The molecule has 0 spiro atoms. The first kappa shape index (κ1) is 118. The third kappa shape index (κ3) is 45.6. The number of nitrogens with two attached hydrogens (primary N) is 12. The van der Waals surface area contributed by atoms with Crippen molar-refractivity contribution in [3.8, 4) is 78.6 Å². The van der Waals surface area contributed by atoms with Crippen molar-refractivity contribution < 1.29 is 50.9 Å². The van der Waals surface area contributed by atoms with E-state index in [9.17, 15) is 47.4 Å². The number of nitrogens with one attached hydrogen (secondary N) is 15. The molecule has 1 aromatic carbocycles. The molecule has 138 heavy (non-hydrogen) atoms. The lowest BCUT2D eigenvalue weighted by Gasteiger charge is -2.12. The minimum Gasteiger partial charge on any atom is -0.504 e. The minimum absolute atomic E-state index is 0.0158. The number of aromatic amines is 10. The number of aryl methyl sites for hydroxylation is 1. The maximum absolute atomic E-state index is 11.2. The number of imide groups is 1. The van der Waals surface area contributed by atoms with E-state index in [0.717, 1.165) is 0 Å². The number of carbonyl (C=O) groups is 4. The Hall–Kier alpha value is -18.2. The van der Waals surface area contributed by atoms with Crippen LogP contribution in [0.4, 0.5) is 10.7 Å². The Morgan fingerprint density at radius 3 is 1.56 bits per heavy atom. The van der Waals surface area contributed by atoms with Crippen LogP contribution in [0, 0.1) is 153 Å². The molecule has 1 fully saturated rings. The Kier molecular flexibility index (Phi) is 56.6. The summed E-state index contributed by atoms with van der Waals surface area (Å²) < 4.78 is 36.6. The molecule has 0 radical (unpaired) electrons. The molecule has 9 aromatic heterocycles. The second-order valence-corrected chi connectivity index (χ2v) is 27.1. The van der Waals surface area contributed by atoms with E-state index in [1.807, 2.05) is 59.9 Å². The van der Waals surface area contributed by atoms with Crippen molar-refractivity contribution in [1.29, 1.82) is 63.1 Å². The number of anilines is 1. The summed E-state index contributed by atoms with van der Waals surface area (Å²) in [4.78, 5) is 114. The number of hydroxylamine groups is 1. The minimum atomic E-state index is -1.69. The Morgan fingerprint density at radius 2 is 1.11 bits per heavy atom. The zero-order valence-electron chi connectivity index (χ0n) is 71.3. The van der Waals surface area contributed by atoms with E-state index in [0.29, 0.717) is 56.9 Å². The predicted octanol–water partition coefficient (Wildman–Crippen LogP) is -7.68. The fourth-order valence-corrected chi connectivity index (χ4v) is 9.17. The average molecular weight is 1970 g/mol. The molecule has 0 saturated carbocycles. The zero-order valence-corrected chi connectivity index (χ0v) is 73.7. The number of hydrogen-bond donors (Lipinski definition) is 28. The van der Waals surface area contributed by atoms with Crippen LogP contribution in [-0.4, -0.2) is 186 Å². The summed E-state index contributed by atoms with van der Waals surface area (Å²) in [5, 5.41) is 170. The molecule has 12 rings (SSSR count). The second kappa shape index (κ2) is 66.2. The van der Waals surface area contributed by atoms with Crippen molar-refractivity contribution in [3.05, 3.63) is 138 Å². The number of nitrogens with zero attached hydrogens (tertiary/aromatic N) is 26. The number of amides is 5. The fourth-order valence-electron chi connectivity index (χ4n) is 8.35. The van der Waals surface area contributed by atoms with Crippen molar-refractivity contribution in [2.45, 2.75) is 169 Å². The molecular weight excluding hydrogens is 1890 g/mol.